The molecule has 0 saturated heterocycles. The molecule has 0 bridgehead atoms. The van der Waals surface area contributed by atoms with Crippen LogP contribution in [0.4, 0.5) is 5.69 Å². The number of pyridine rings is 1. The van der Waals surface area contributed by atoms with Gasteiger partial charge in [0.05, 0.1) is 23.7 Å². The summed E-state index contributed by atoms with van der Waals surface area (Å²) in [5.74, 6) is 0.893. The van der Waals surface area contributed by atoms with E-state index in [1.165, 1.54) is 12.8 Å². The number of hydrogen-bond acceptors (Lipinski definition) is 3. The molecule has 0 radical (unpaired) electrons. The lowest BCUT2D eigenvalue weighted by Crippen LogP contribution is -2.21. The van der Waals surface area contributed by atoms with Gasteiger partial charge in [-0.1, -0.05) is 20.8 Å². The Morgan fingerprint density at radius 3 is 2.41 bits per heavy atom. The van der Waals surface area contributed by atoms with E-state index in [4.69, 9.17) is 4.74 Å². The van der Waals surface area contributed by atoms with Crippen molar-refractivity contribution >= 4 is 5.69 Å². The van der Waals surface area contributed by atoms with E-state index in [9.17, 15) is 0 Å². The summed E-state index contributed by atoms with van der Waals surface area (Å²) < 4.78 is 5.79. The summed E-state index contributed by atoms with van der Waals surface area (Å²) in [7, 11) is 4.10. The molecule has 1 heterocycles. The first kappa shape index (κ1) is 12.2. The van der Waals surface area contributed by atoms with Crippen molar-refractivity contribution in [2.45, 2.75) is 45.1 Å². The molecule has 1 fully saturated rings. The van der Waals surface area contributed by atoms with Crippen LogP contribution in [-0.2, 0) is 5.41 Å². The van der Waals surface area contributed by atoms with Crippen molar-refractivity contribution in [2.24, 2.45) is 0 Å². The van der Waals surface area contributed by atoms with Gasteiger partial charge in [-0.15, -0.1) is 0 Å². The summed E-state index contributed by atoms with van der Waals surface area (Å²) in [4.78, 5) is 6.69. The minimum atomic E-state index is 0.0533. The Morgan fingerprint density at radius 2 is 1.94 bits per heavy atom. The lowest BCUT2D eigenvalue weighted by Gasteiger charge is -2.25. The molecule has 3 nitrogen and oxygen atoms in total. The zero-order valence-electron chi connectivity index (χ0n) is 11.4. The second-order valence-electron chi connectivity index (χ2n) is 6.00. The van der Waals surface area contributed by atoms with Crippen molar-refractivity contribution in [1.82, 2.24) is 4.98 Å². The standard InChI is InChI=1S/C14H22N2O/c1-14(2,3)13-12(16(4)5)8-11(9-15-13)17-10-6-7-10/h8-10H,6-7H2,1-5H3. The Balaban J connectivity index is 2.33. The Bertz CT molecular complexity index is 403. The summed E-state index contributed by atoms with van der Waals surface area (Å²) in [6, 6.07) is 2.10. The van der Waals surface area contributed by atoms with Gasteiger partial charge in [0.2, 0.25) is 0 Å². The lowest BCUT2D eigenvalue weighted by atomic mass is 9.90. The fourth-order valence-corrected chi connectivity index (χ4v) is 1.80. The third-order valence-corrected chi connectivity index (χ3v) is 2.86. The van der Waals surface area contributed by atoms with Crippen molar-refractivity contribution in [2.75, 3.05) is 19.0 Å². The van der Waals surface area contributed by atoms with Gasteiger partial charge >= 0.3 is 0 Å². The fraction of sp³-hybridized carbons (Fsp3) is 0.643. The van der Waals surface area contributed by atoms with Gasteiger partial charge in [-0.3, -0.25) is 4.98 Å². The van der Waals surface area contributed by atoms with Crippen LogP contribution in [0.3, 0.4) is 0 Å². The van der Waals surface area contributed by atoms with Crippen LogP contribution in [0.2, 0.25) is 0 Å². The van der Waals surface area contributed by atoms with E-state index >= 15 is 0 Å². The van der Waals surface area contributed by atoms with E-state index in [1.54, 1.807) is 0 Å². The molecule has 0 unspecified atom stereocenters. The molecule has 94 valence electrons. The molecular weight excluding hydrogens is 212 g/mol. The molecule has 0 N–H and O–H groups in total. The molecule has 1 aromatic heterocycles. The SMILES string of the molecule is CN(C)c1cc(OC2CC2)cnc1C(C)(C)C. The highest BCUT2D eigenvalue weighted by molar-refractivity contribution is 5.55. The predicted octanol–water partition coefficient (Wildman–Crippen LogP) is 2.99. The first-order chi connectivity index (χ1) is 7.88. The van der Waals surface area contributed by atoms with Crippen molar-refractivity contribution in [3.63, 3.8) is 0 Å². The summed E-state index contributed by atoms with van der Waals surface area (Å²) in [6.45, 7) is 6.55. The van der Waals surface area contributed by atoms with E-state index in [0.29, 0.717) is 6.10 Å². The van der Waals surface area contributed by atoms with E-state index in [2.05, 4.69) is 36.7 Å². The third-order valence-electron chi connectivity index (χ3n) is 2.86. The lowest BCUT2D eigenvalue weighted by molar-refractivity contribution is 0.301. The van der Waals surface area contributed by atoms with E-state index in [-0.39, 0.29) is 5.41 Å². The van der Waals surface area contributed by atoms with Crippen molar-refractivity contribution in [3.05, 3.63) is 18.0 Å². The first-order valence-corrected chi connectivity index (χ1v) is 6.22. The zero-order chi connectivity index (χ0) is 12.6. The van der Waals surface area contributed by atoms with Gasteiger partial charge in [0, 0.05) is 25.6 Å². The quantitative estimate of drug-likeness (QED) is 0.804. The molecule has 1 saturated carbocycles. The van der Waals surface area contributed by atoms with E-state index in [1.807, 2.05) is 20.3 Å². The van der Waals surface area contributed by atoms with Gasteiger partial charge < -0.3 is 9.64 Å². The molecule has 17 heavy (non-hydrogen) atoms. The number of rotatable bonds is 3. The Kier molecular flexibility index (Phi) is 3.02. The van der Waals surface area contributed by atoms with Crippen molar-refractivity contribution in [1.29, 1.82) is 0 Å². The second-order valence-corrected chi connectivity index (χ2v) is 6.00. The second kappa shape index (κ2) is 4.21. The fourth-order valence-electron chi connectivity index (χ4n) is 1.80. The van der Waals surface area contributed by atoms with Gasteiger partial charge in [-0.25, -0.2) is 0 Å². The molecule has 0 aromatic carbocycles. The topological polar surface area (TPSA) is 25.4 Å². The van der Waals surface area contributed by atoms with Crippen LogP contribution >= 0.6 is 0 Å². The monoisotopic (exact) mass is 234 g/mol. The summed E-state index contributed by atoms with van der Waals surface area (Å²) in [5, 5.41) is 0. The van der Waals surface area contributed by atoms with Crippen LogP contribution in [-0.4, -0.2) is 25.2 Å². The number of nitrogens with zero attached hydrogens (tertiary/aromatic N) is 2. The van der Waals surface area contributed by atoms with Crippen LogP contribution in [0, 0.1) is 0 Å². The molecule has 0 atom stereocenters. The Hall–Kier alpha value is -1.25. The Morgan fingerprint density at radius 1 is 1.29 bits per heavy atom. The van der Waals surface area contributed by atoms with E-state index in [0.717, 1.165) is 17.1 Å². The van der Waals surface area contributed by atoms with Crippen LogP contribution < -0.4 is 9.64 Å². The molecule has 2 rings (SSSR count). The molecule has 1 aliphatic carbocycles. The number of anilines is 1. The number of aromatic nitrogens is 1. The largest absolute Gasteiger partial charge is 0.489 e. The van der Waals surface area contributed by atoms with E-state index < -0.39 is 0 Å². The molecule has 1 aliphatic rings. The summed E-state index contributed by atoms with van der Waals surface area (Å²) in [6.07, 6.45) is 4.63. The third kappa shape index (κ3) is 2.90. The molecule has 0 aliphatic heterocycles. The van der Waals surface area contributed by atoms with Gasteiger partial charge in [0.1, 0.15) is 5.75 Å². The van der Waals surface area contributed by atoms with Crippen LogP contribution in [0.25, 0.3) is 0 Å². The molecule has 0 spiro atoms. The minimum Gasteiger partial charge on any atom is -0.489 e. The van der Waals surface area contributed by atoms with Gasteiger partial charge in [0.15, 0.2) is 0 Å². The van der Waals surface area contributed by atoms with Gasteiger partial charge in [-0.2, -0.15) is 0 Å². The average molecular weight is 234 g/mol. The molecule has 3 heteroatoms. The van der Waals surface area contributed by atoms with Crippen molar-refractivity contribution < 1.29 is 4.74 Å². The maximum Gasteiger partial charge on any atom is 0.140 e. The number of hydrogen-bond donors (Lipinski definition) is 0. The van der Waals surface area contributed by atoms with Crippen LogP contribution in [0.5, 0.6) is 5.75 Å². The number of ether oxygens (including phenoxy) is 1. The predicted molar refractivity (Wildman–Crippen MR) is 70.9 cm³/mol. The average Bonchev–Trinajstić information content (AvgIpc) is 2.99. The highest BCUT2D eigenvalue weighted by Gasteiger charge is 2.25. The molecule has 0 amide bonds. The molecule has 1 aromatic rings. The van der Waals surface area contributed by atoms with Crippen LogP contribution in [0.1, 0.15) is 39.3 Å². The highest BCUT2D eigenvalue weighted by atomic mass is 16.5. The minimum absolute atomic E-state index is 0.0533. The normalized spacial score (nSPS) is 15.8. The van der Waals surface area contributed by atoms with Crippen LogP contribution in [0.15, 0.2) is 12.3 Å². The highest BCUT2D eigenvalue weighted by Crippen LogP contribution is 2.34. The maximum atomic E-state index is 5.79. The van der Waals surface area contributed by atoms with Gasteiger partial charge in [0.25, 0.3) is 0 Å². The Labute approximate surface area is 104 Å². The molecular formula is C14H22N2O. The summed E-state index contributed by atoms with van der Waals surface area (Å²) >= 11 is 0. The first-order valence-electron chi connectivity index (χ1n) is 6.22. The van der Waals surface area contributed by atoms with Gasteiger partial charge in [-0.05, 0) is 12.8 Å². The maximum absolute atomic E-state index is 5.79. The zero-order valence-corrected chi connectivity index (χ0v) is 11.4. The smallest absolute Gasteiger partial charge is 0.140 e. The summed E-state index contributed by atoms with van der Waals surface area (Å²) in [5.41, 5.74) is 2.32. The van der Waals surface area contributed by atoms with Crippen molar-refractivity contribution in [3.8, 4) is 5.75 Å².